The van der Waals surface area contributed by atoms with Crippen LogP contribution in [-0.2, 0) is 19.5 Å². The van der Waals surface area contributed by atoms with E-state index in [1.165, 1.54) is 6.33 Å². The second kappa shape index (κ2) is 7.73. The fraction of sp³-hybridized carbons (Fsp3) is 0.182. The summed E-state index contributed by atoms with van der Waals surface area (Å²) in [5, 5.41) is 0.692. The molecule has 0 aliphatic carbocycles. The Kier molecular flexibility index (Phi) is 4.79. The fourth-order valence-electron chi connectivity index (χ4n) is 3.55. The number of hydrogen-bond donors (Lipinski definition) is 0. The SMILES string of the molecule is Clc1ccccc1-c1ccc(CN2CCc3nc(-c4cncnc4)ncc3C2)o1. The van der Waals surface area contributed by atoms with Gasteiger partial charge in [-0.25, -0.2) is 19.9 Å². The van der Waals surface area contributed by atoms with Gasteiger partial charge >= 0.3 is 0 Å². The lowest BCUT2D eigenvalue weighted by Gasteiger charge is -2.27. The normalized spacial score (nSPS) is 14.0. The number of hydrogen-bond acceptors (Lipinski definition) is 6. The predicted molar refractivity (Wildman–Crippen MR) is 110 cm³/mol. The molecule has 1 aromatic carbocycles. The lowest BCUT2D eigenvalue weighted by molar-refractivity contribution is 0.224. The Hall–Kier alpha value is -3.09. The molecule has 29 heavy (non-hydrogen) atoms. The highest BCUT2D eigenvalue weighted by atomic mass is 35.5. The average Bonchev–Trinajstić information content (AvgIpc) is 3.22. The van der Waals surface area contributed by atoms with E-state index in [-0.39, 0.29) is 0 Å². The molecule has 4 heterocycles. The Morgan fingerprint density at radius 1 is 1.03 bits per heavy atom. The van der Waals surface area contributed by atoms with Crippen LogP contribution in [-0.4, -0.2) is 31.4 Å². The van der Waals surface area contributed by atoms with Crippen molar-refractivity contribution in [3.63, 3.8) is 0 Å². The van der Waals surface area contributed by atoms with Gasteiger partial charge in [0.05, 0.1) is 22.8 Å². The molecule has 1 aliphatic rings. The van der Waals surface area contributed by atoms with E-state index in [0.29, 0.717) is 10.8 Å². The molecule has 0 radical (unpaired) electrons. The highest BCUT2D eigenvalue weighted by Crippen LogP contribution is 2.30. The largest absolute Gasteiger partial charge is 0.460 e. The molecule has 0 atom stereocenters. The first-order chi connectivity index (χ1) is 14.3. The molecule has 144 valence electrons. The van der Waals surface area contributed by atoms with Crippen LogP contribution in [0.4, 0.5) is 0 Å². The summed E-state index contributed by atoms with van der Waals surface area (Å²) in [6.45, 7) is 2.44. The quantitative estimate of drug-likeness (QED) is 0.503. The summed E-state index contributed by atoms with van der Waals surface area (Å²) < 4.78 is 6.05. The van der Waals surface area contributed by atoms with Gasteiger partial charge in [0.25, 0.3) is 0 Å². The van der Waals surface area contributed by atoms with Crippen molar-refractivity contribution in [2.75, 3.05) is 6.54 Å². The molecule has 7 heteroatoms. The van der Waals surface area contributed by atoms with E-state index in [1.54, 1.807) is 12.4 Å². The van der Waals surface area contributed by atoms with Gasteiger partial charge in [0.15, 0.2) is 5.82 Å². The minimum atomic E-state index is 0.674. The first kappa shape index (κ1) is 18.0. The van der Waals surface area contributed by atoms with Gasteiger partial charge in [0.1, 0.15) is 17.8 Å². The number of furan rings is 1. The first-order valence-electron chi connectivity index (χ1n) is 9.42. The molecular weight excluding hydrogens is 386 g/mol. The molecule has 0 unspecified atom stereocenters. The van der Waals surface area contributed by atoms with Crippen molar-refractivity contribution in [1.29, 1.82) is 0 Å². The second-order valence-corrected chi connectivity index (χ2v) is 7.41. The molecular formula is C22H18ClN5O. The van der Waals surface area contributed by atoms with Crippen LogP contribution in [0.1, 0.15) is 17.0 Å². The van der Waals surface area contributed by atoms with E-state index < -0.39 is 0 Å². The fourth-order valence-corrected chi connectivity index (χ4v) is 3.78. The zero-order valence-electron chi connectivity index (χ0n) is 15.6. The summed E-state index contributed by atoms with van der Waals surface area (Å²) in [5.74, 6) is 2.39. The Labute approximate surface area is 173 Å². The van der Waals surface area contributed by atoms with Crippen molar-refractivity contribution in [3.8, 4) is 22.7 Å². The van der Waals surface area contributed by atoms with Crippen LogP contribution in [0, 0.1) is 0 Å². The molecule has 0 amide bonds. The number of benzene rings is 1. The maximum absolute atomic E-state index is 6.28. The minimum absolute atomic E-state index is 0.674. The van der Waals surface area contributed by atoms with Crippen molar-refractivity contribution in [2.24, 2.45) is 0 Å². The lowest BCUT2D eigenvalue weighted by Crippen LogP contribution is -2.30. The van der Waals surface area contributed by atoms with Crippen LogP contribution in [0.25, 0.3) is 22.7 Å². The number of nitrogens with zero attached hydrogens (tertiary/aromatic N) is 5. The number of rotatable bonds is 4. The van der Waals surface area contributed by atoms with Crippen LogP contribution in [0.15, 0.2) is 65.7 Å². The van der Waals surface area contributed by atoms with Crippen molar-refractivity contribution >= 4 is 11.6 Å². The van der Waals surface area contributed by atoms with Gasteiger partial charge in [0, 0.05) is 49.2 Å². The maximum Gasteiger partial charge on any atom is 0.162 e. The monoisotopic (exact) mass is 403 g/mol. The predicted octanol–water partition coefficient (Wildman–Crippen LogP) is 4.41. The van der Waals surface area contributed by atoms with E-state index in [0.717, 1.165) is 60.0 Å². The summed E-state index contributed by atoms with van der Waals surface area (Å²) >= 11 is 6.28. The third-order valence-corrected chi connectivity index (χ3v) is 5.34. The summed E-state index contributed by atoms with van der Waals surface area (Å²) in [4.78, 5) is 19.6. The van der Waals surface area contributed by atoms with Crippen LogP contribution >= 0.6 is 11.6 Å². The Morgan fingerprint density at radius 3 is 2.76 bits per heavy atom. The Balaban J connectivity index is 1.30. The minimum Gasteiger partial charge on any atom is -0.460 e. The third kappa shape index (κ3) is 3.77. The Morgan fingerprint density at radius 2 is 1.90 bits per heavy atom. The smallest absolute Gasteiger partial charge is 0.162 e. The highest BCUT2D eigenvalue weighted by molar-refractivity contribution is 6.33. The zero-order valence-corrected chi connectivity index (χ0v) is 16.4. The van der Waals surface area contributed by atoms with Crippen molar-refractivity contribution in [1.82, 2.24) is 24.8 Å². The van der Waals surface area contributed by atoms with Crippen LogP contribution in [0.5, 0.6) is 0 Å². The highest BCUT2D eigenvalue weighted by Gasteiger charge is 2.20. The number of halogens is 1. The molecule has 0 saturated carbocycles. The van der Waals surface area contributed by atoms with E-state index in [4.69, 9.17) is 21.0 Å². The van der Waals surface area contributed by atoms with E-state index in [1.807, 2.05) is 42.6 Å². The molecule has 0 fully saturated rings. The van der Waals surface area contributed by atoms with Crippen molar-refractivity contribution in [2.45, 2.75) is 19.5 Å². The topological polar surface area (TPSA) is 67.9 Å². The molecule has 3 aromatic heterocycles. The summed E-state index contributed by atoms with van der Waals surface area (Å²) in [6, 6.07) is 11.7. The van der Waals surface area contributed by atoms with Gasteiger partial charge in [-0.1, -0.05) is 23.7 Å². The maximum atomic E-state index is 6.28. The lowest BCUT2D eigenvalue weighted by atomic mass is 10.1. The van der Waals surface area contributed by atoms with Crippen LogP contribution in [0.2, 0.25) is 5.02 Å². The van der Waals surface area contributed by atoms with Crippen molar-refractivity contribution < 1.29 is 4.42 Å². The molecule has 0 saturated heterocycles. The van der Waals surface area contributed by atoms with E-state index in [2.05, 4.69) is 19.9 Å². The van der Waals surface area contributed by atoms with Gasteiger partial charge in [-0.15, -0.1) is 0 Å². The summed E-state index contributed by atoms with van der Waals surface area (Å²) in [6.07, 6.45) is 7.75. The Bertz CT molecular complexity index is 1140. The molecule has 0 N–H and O–H groups in total. The number of fused-ring (bicyclic) bond motifs is 1. The van der Waals surface area contributed by atoms with Crippen molar-refractivity contribution in [3.05, 3.63) is 83.4 Å². The second-order valence-electron chi connectivity index (χ2n) is 7.00. The molecule has 4 aromatic rings. The van der Waals surface area contributed by atoms with Crippen LogP contribution < -0.4 is 0 Å². The third-order valence-electron chi connectivity index (χ3n) is 5.01. The van der Waals surface area contributed by atoms with Gasteiger partial charge in [-0.3, -0.25) is 4.90 Å². The first-order valence-corrected chi connectivity index (χ1v) is 9.80. The summed E-state index contributed by atoms with van der Waals surface area (Å²) in [5.41, 5.74) is 3.98. The van der Waals surface area contributed by atoms with Gasteiger partial charge in [-0.2, -0.15) is 0 Å². The van der Waals surface area contributed by atoms with Gasteiger partial charge < -0.3 is 4.42 Å². The molecule has 0 spiro atoms. The molecule has 5 rings (SSSR count). The molecule has 6 nitrogen and oxygen atoms in total. The average molecular weight is 404 g/mol. The van der Waals surface area contributed by atoms with Gasteiger partial charge in [0.2, 0.25) is 0 Å². The molecule has 1 aliphatic heterocycles. The zero-order chi connectivity index (χ0) is 19.6. The summed E-state index contributed by atoms with van der Waals surface area (Å²) in [7, 11) is 0. The van der Waals surface area contributed by atoms with E-state index in [9.17, 15) is 0 Å². The van der Waals surface area contributed by atoms with Gasteiger partial charge in [-0.05, 0) is 24.3 Å². The molecule has 0 bridgehead atoms. The number of aromatic nitrogens is 4. The van der Waals surface area contributed by atoms with E-state index >= 15 is 0 Å². The standard InChI is InChI=1S/C22H18ClN5O/c23-19-4-2-1-3-18(19)21-6-5-17(29-21)13-28-8-7-20-16(12-28)11-26-22(27-20)15-9-24-14-25-10-15/h1-6,9-11,14H,7-8,12-13H2. The van der Waals surface area contributed by atoms with Crippen LogP contribution in [0.3, 0.4) is 0 Å².